The van der Waals surface area contributed by atoms with E-state index in [0.717, 1.165) is 25.3 Å². The van der Waals surface area contributed by atoms with E-state index in [4.69, 9.17) is 14.7 Å². The maximum Gasteiger partial charge on any atom is 0.311 e. The molecule has 51 heavy (non-hydrogen) atoms. The smallest absolute Gasteiger partial charge is 0.311 e. The van der Waals surface area contributed by atoms with Gasteiger partial charge in [0.1, 0.15) is 35.1 Å². The molecular weight excluding hydrogens is 658 g/mol. The maximum absolute atomic E-state index is 15.0. The highest BCUT2D eigenvalue weighted by Gasteiger charge is 2.15. The molecule has 0 saturated carbocycles. The zero-order valence-corrected chi connectivity index (χ0v) is 28.6. The fourth-order valence-electron chi connectivity index (χ4n) is 5.39. The number of ether oxygens (including phenoxy) is 2. The van der Waals surface area contributed by atoms with E-state index in [1.807, 2.05) is 13.0 Å². The Kier molecular flexibility index (Phi) is 14.3. The Bertz CT molecular complexity index is 1910. The summed E-state index contributed by atoms with van der Waals surface area (Å²) in [6.07, 6.45) is 5.81. The number of hydrogen-bond acceptors (Lipinski definition) is 5. The highest BCUT2D eigenvalue weighted by molar-refractivity contribution is 5.75. The summed E-state index contributed by atoms with van der Waals surface area (Å²) in [5.74, 6) is -1.96. The monoisotopic (exact) mass is 697 g/mol. The van der Waals surface area contributed by atoms with Crippen LogP contribution in [0.25, 0.3) is 27.8 Å². The molecule has 1 atom stereocenters. The van der Waals surface area contributed by atoms with E-state index in [-0.39, 0.29) is 29.7 Å². The van der Waals surface area contributed by atoms with Gasteiger partial charge in [0, 0.05) is 36.5 Å². The van der Waals surface area contributed by atoms with Gasteiger partial charge in [-0.05, 0) is 90.6 Å². The lowest BCUT2D eigenvalue weighted by atomic mass is 9.97. The predicted octanol–water partition coefficient (Wildman–Crippen LogP) is 11.2. The Hall–Kier alpha value is -5.49. The fraction of sp³-hybridized carbons (Fsp3) is 0.262. The van der Waals surface area contributed by atoms with Crippen molar-refractivity contribution in [2.75, 3.05) is 0 Å². The molecule has 0 aliphatic rings. The van der Waals surface area contributed by atoms with E-state index in [2.05, 4.69) is 0 Å². The molecule has 0 radical (unpaired) electrons. The first-order chi connectivity index (χ1) is 24.6. The van der Waals surface area contributed by atoms with Crippen molar-refractivity contribution in [2.45, 2.75) is 71.4 Å². The standard InChI is InChI=1S/C42H39F4NO4/c1-3-34(20-23-36(28(2)43)32-17-22-37(39(45)25-32)30-13-11-29(27-47)12-14-30)50-41(48)9-7-5-4-6-8-10-42(49)51-35-21-24-38(40(46)26-35)31-15-18-33(44)19-16-31/h11-26,28H,3-10H2,1-2H3/b34-20+,36-23+. The van der Waals surface area contributed by atoms with Gasteiger partial charge in [-0.1, -0.05) is 68.7 Å². The van der Waals surface area contributed by atoms with Crippen LogP contribution in [0.1, 0.15) is 76.3 Å². The number of halogens is 4. The van der Waals surface area contributed by atoms with E-state index < -0.39 is 35.6 Å². The van der Waals surface area contributed by atoms with Crippen molar-refractivity contribution in [1.82, 2.24) is 0 Å². The molecule has 4 aromatic rings. The molecule has 1 unspecified atom stereocenters. The van der Waals surface area contributed by atoms with Gasteiger partial charge < -0.3 is 9.47 Å². The number of alkyl halides is 1. The normalized spacial score (nSPS) is 12.3. The van der Waals surface area contributed by atoms with Crippen LogP contribution in [-0.4, -0.2) is 18.1 Å². The van der Waals surface area contributed by atoms with Crippen LogP contribution in [0.2, 0.25) is 0 Å². The summed E-state index contributed by atoms with van der Waals surface area (Å²) < 4.78 is 68.1. The SMILES string of the molecule is CC/C(=C\C=C(\c1ccc(-c2ccc(C#N)cc2)c(F)c1)C(C)F)OC(=O)CCCCCCCC(=O)Oc1ccc(-c2ccc(F)cc2)c(F)c1. The van der Waals surface area contributed by atoms with Gasteiger partial charge in [-0.3, -0.25) is 9.59 Å². The van der Waals surface area contributed by atoms with Crippen molar-refractivity contribution >= 4 is 17.5 Å². The van der Waals surface area contributed by atoms with Crippen LogP contribution in [0.3, 0.4) is 0 Å². The summed E-state index contributed by atoms with van der Waals surface area (Å²) in [5.41, 5.74) is 2.77. The summed E-state index contributed by atoms with van der Waals surface area (Å²) in [6.45, 7) is 3.16. The maximum atomic E-state index is 15.0. The zero-order valence-electron chi connectivity index (χ0n) is 28.6. The van der Waals surface area contributed by atoms with E-state index in [0.29, 0.717) is 52.8 Å². The molecule has 0 heterocycles. The molecule has 0 fully saturated rings. The van der Waals surface area contributed by atoms with Gasteiger partial charge in [-0.25, -0.2) is 17.6 Å². The van der Waals surface area contributed by atoms with E-state index in [9.17, 15) is 22.8 Å². The minimum Gasteiger partial charge on any atom is -0.431 e. The number of benzene rings is 4. The second-order valence-corrected chi connectivity index (χ2v) is 12.0. The van der Waals surface area contributed by atoms with Crippen LogP contribution >= 0.6 is 0 Å². The molecule has 264 valence electrons. The summed E-state index contributed by atoms with van der Waals surface area (Å²) in [5, 5.41) is 8.99. The number of rotatable bonds is 16. The van der Waals surface area contributed by atoms with E-state index in [1.165, 1.54) is 61.5 Å². The molecule has 4 aromatic carbocycles. The van der Waals surface area contributed by atoms with Crippen molar-refractivity contribution in [3.05, 3.63) is 131 Å². The number of carbonyl (C=O) groups is 2. The van der Waals surface area contributed by atoms with Crippen LogP contribution in [0.15, 0.2) is 103 Å². The average Bonchev–Trinajstić information content (AvgIpc) is 3.11. The van der Waals surface area contributed by atoms with Crippen LogP contribution < -0.4 is 4.74 Å². The van der Waals surface area contributed by atoms with Gasteiger partial charge in [0.05, 0.1) is 11.6 Å². The van der Waals surface area contributed by atoms with Crippen molar-refractivity contribution in [1.29, 1.82) is 5.26 Å². The second kappa shape index (κ2) is 19.0. The number of allylic oxidation sites excluding steroid dienone is 4. The lowest BCUT2D eigenvalue weighted by molar-refractivity contribution is -0.139. The van der Waals surface area contributed by atoms with Crippen LogP contribution in [-0.2, 0) is 14.3 Å². The van der Waals surface area contributed by atoms with Crippen molar-refractivity contribution in [3.63, 3.8) is 0 Å². The average molecular weight is 698 g/mol. The summed E-state index contributed by atoms with van der Waals surface area (Å²) in [6, 6.07) is 22.5. The lowest BCUT2D eigenvalue weighted by Crippen LogP contribution is -2.07. The minimum atomic E-state index is -1.42. The van der Waals surface area contributed by atoms with Gasteiger partial charge >= 0.3 is 11.9 Å². The molecule has 0 spiro atoms. The first-order valence-corrected chi connectivity index (χ1v) is 16.9. The third kappa shape index (κ3) is 11.5. The quantitative estimate of drug-likeness (QED) is 0.0291. The minimum absolute atomic E-state index is 0.0944. The molecule has 0 aromatic heterocycles. The predicted molar refractivity (Wildman–Crippen MR) is 189 cm³/mol. The largest absolute Gasteiger partial charge is 0.431 e. The zero-order chi connectivity index (χ0) is 36.8. The molecule has 5 nitrogen and oxygen atoms in total. The Morgan fingerprint density at radius 2 is 1.31 bits per heavy atom. The third-order valence-electron chi connectivity index (χ3n) is 8.19. The molecule has 0 amide bonds. The first-order valence-electron chi connectivity index (χ1n) is 16.9. The van der Waals surface area contributed by atoms with Crippen molar-refractivity contribution < 1.29 is 36.6 Å². The number of nitriles is 1. The van der Waals surface area contributed by atoms with Crippen molar-refractivity contribution in [3.8, 4) is 34.1 Å². The summed E-state index contributed by atoms with van der Waals surface area (Å²) in [7, 11) is 0. The number of nitrogens with zero attached hydrogens (tertiary/aromatic N) is 1. The molecular formula is C42H39F4NO4. The van der Waals surface area contributed by atoms with Gasteiger partial charge in [-0.2, -0.15) is 5.26 Å². The number of esters is 2. The fourth-order valence-corrected chi connectivity index (χ4v) is 5.39. The number of hydrogen-bond donors (Lipinski definition) is 0. The topological polar surface area (TPSA) is 76.4 Å². The third-order valence-corrected chi connectivity index (χ3v) is 8.19. The molecule has 9 heteroatoms. The first kappa shape index (κ1) is 38.3. The molecule has 0 bridgehead atoms. The highest BCUT2D eigenvalue weighted by atomic mass is 19.1. The lowest BCUT2D eigenvalue weighted by Gasteiger charge is -2.12. The Balaban J connectivity index is 1.18. The van der Waals surface area contributed by atoms with Gasteiger partial charge in [0.15, 0.2) is 0 Å². The number of carbonyl (C=O) groups excluding carboxylic acids is 2. The Morgan fingerprint density at radius 1 is 0.745 bits per heavy atom. The van der Waals surface area contributed by atoms with Gasteiger partial charge in [0.25, 0.3) is 0 Å². The molecule has 0 N–H and O–H groups in total. The molecule has 0 aliphatic heterocycles. The summed E-state index contributed by atoms with van der Waals surface area (Å²) in [4.78, 5) is 24.7. The molecule has 4 rings (SSSR count). The van der Waals surface area contributed by atoms with E-state index >= 15 is 4.39 Å². The second-order valence-electron chi connectivity index (χ2n) is 12.0. The van der Waals surface area contributed by atoms with Gasteiger partial charge in [-0.15, -0.1) is 0 Å². The van der Waals surface area contributed by atoms with Crippen LogP contribution in [0.5, 0.6) is 5.75 Å². The Morgan fingerprint density at radius 3 is 1.88 bits per heavy atom. The molecule has 0 aliphatic carbocycles. The van der Waals surface area contributed by atoms with Crippen LogP contribution in [0, 0.1) is 28.8 Å². The summed E-state index contributed by atoms with van der Waals surface area (Å²) >= 11 is 0. The molecule has 0 saturated heterocycles. The highest BCUT2D eigenvalue weighted by Crippen LogP contribution is 2.30. The van der Waals surface area contributed by atoms with Crippen LogP contribution in [0.4, 0.5) is 17.6 Å². The van der Waals surface area contributed by atoms with Crippen molar-refractivity contribution in [2.24, 2.45) is 0 Å². The Labute approximate surface area is 295 Å². The van der Waals surface area contributed by atoms with E-state index in [1.54, 1.807) is 36.4 Å². The van der Waals surface area contributed by atoms with Gasteiger partial charge in [0.2, 0.25) is 0 Å². The number of unbranched alkanes of at least 4 members (excludes halogenated alkanes) is 4.